The standard InChI is InChI=1S/C12H8O4/c13-10(12(14)15)6-5-9-7-8-3-1-2-4-11(8)16-9/h1-7H,(H,14,15)/b6-5+. The van der Waals surface area contributed by atoms with E-state index in [1.807, 2.05) is 18.2 Å². The first-order chi connectivity index (χ1) is 7.66. The van der Waals surface area contributed by atoms with Crippen molar-refractivity contribution in [1.82, 2.24) is 0 Å². The Balaban J connectivity index is 2.28. The van der Waals surface area contributed by atoms with Crippen molar-refractivity contribution >= 4 is 28.8 Å². The van der Waals surface area contributed by atoms with Crippen molar-refractivity contribution in [3.8, 4) is 0 Å². The highest BCUT2D eigenvalue weighted by molar-refractivity contribution is 6.38. The predicted octanol–water partition coefficient (Wildman–Crippen LogP) is 2.10. The number of ketones is 1. The van der Waals surface area contributed by atoms with Crippen LogP contribution in [0.5, 0.6) is 0 Å². The van der Waals surface area contributed by atoms with Crippen molar-refractivity contribution in [3.63, 3.8) is 0 Å². The third kappa shape index (κ3) is 2.00. The fourth-order valence-electron chi connectivity index (χ4n) is 1.31. The number of rotatable bonds is 3. The number of hydrogen-bond acceptors (Lipinski definition) is 3. The molecule has 0 bridgehead atoms. The molecule has 0 amide bonds. The average molecular weight is 216 g/mol. The number of benzene rings is 1. The van der Waals surface area contributed by atoms with Gasteiger partial charge < -0.3 is 9.52 Å². The molecule has 0 unspecified atom stereocenters. The maximum atomic E-state index is 10.8. The Labute approximate surface area is 90.8 Å². The third-order valence-corrected chi connectivity index (χ3v) is 2.05. The molecule has 4 nitrogen and oxygen atoms in total. The van der Waals surface area contributed by atoms with Crippen LogP contribution in [0.4, 0.5) is 0 Å². The lowest BCUT2D eigenvalue weighted by Gasteiger charge is -1.84. The highest BCUT2D eigenvalue weighted by Crippen LogP contribution is 2.19. The van der Waals surface area contributed by atoms with Gasteiger partial charge in [-0.3, -0.25) is 4.79 Å². The third-order valence-electron chi connectivity index (χ3n) is 2.05. The summed E-state index contributed by atoms with van der Waals surface area (Å²) < 4.78 is 5.37. The van der Waals surface area contributed by atoms with Gasteiger partial charge in [-0.15, -0.1) is 0 Å². The van der Waals surface area contributed by atoms with Crippen LogP contribution in [0.2, 0.25) is 0 Å². The zero-order chi connectivity index (χ0) is 11.5. The van der Waals surface area contributed by atoms with E-state index in [0.29, 0.717) is 11.3 Å². The van der Waals surface area contributed by atoms with Gasteiger partial charge >= 0.3 is 5.97 Å². The van der Waals surface area contributed by atoms with E-state index in [4.69, 9.17) is 9.52 Å². The van der Waals surface area contributed by atoms with Gasteiger partial charge in [-0.1, -0.05) is 18.2 Å². The molecule has 80 valence electrons. The van der Waals surface area contributed by atoms with Gasteiger partial charge in [0.2, 0.25) is 0 Å². The second-order valence-corrected chi connectivity index (χ2v) is 3.19. The molecular weight excluding hydrogens is 208 g/mol. The summed E-state index contributed by atoms with van der Waals surface area (Å²) >= 11 is 0. The second-order valence-electron chi connectivity index (χ2n) is 3.19. The molecule has 1 heterocycles. The maximum Gasteiger partial charge on any atom is 0.376 e. The van der Waals surface area contributed by atoms with Crippen molar-refractivity contribution in [3.05, 3.63) is 42.2 Å². The van der Waals surface area contributed by atoms with E-state index in [1.165, 1.54) is 6.08 Å². The van der Waals surface area contributed by atoms with Crippen molar-refractivity contribution in [2.75, 3.05) is 0 Å². The lowest BCUT2D eigenvalue weighted by molar-refractivity contribution is -0.146. The maximum absolute atomic E-state index is 10.8. The summed E-state index contributed by atoms with van der Waals surface area (Å²) in [5.41, 5.74) is 0.699. The van der Waals surface area contributed by atoms with Crippen LogP contribution in [0.1, 0.15) is 5.76 Å². The number of carboxylic acids is 1. The molecule has 0 atom stereocenters. The van der Waals surface area contributed by atoms with Crippen LogP contribution in [0.25, 0.3) is 17.0 Å². The minimum absolute atomic E-state index is 0.454. The number of para-hydroxylation sites is 1. The Bertz CT molecular complexity index is 544. The Kier molecular flexibility index (Phi) is 2.55. The average Bonchev–Trinajstić information content (AvgIpc) is 2.68. The minimum Gasteiger partial charge on any atom is -0.475 e. The van der Waals surface area contributed by atoms with Crippen molar-refractivity contribution < 1.29 is 19.1 Å². The van der Waals surface area contributed by atoms with E-state index in [-0.39, 0.29) is 0 Å². The highest BCUT2D eigenvalue weighted by Gasteiger charge is 2.06. The number of aliphatic carboxylic acids is 1. The predicted molar refractivity (Wildman–Crippen MR) is 57.9 cm³/mol. The highest BCUT2D eigenvalue weighted by atomic mass is 16.4. The Morgan fingerprint density at radius 3 is 2.69 bits per heavy atom. The van der Waals surface area contributed by atoms with E-state index in [0.717, 1.165) is 11.5 Å². The van der Waals surface area contributed by atoms with Crippen molar-refractivity contribution in [1.29, 1.82) is 0 Å². The fourth-order valence-corrected chi connectivity index (χ4v) is 1.31. The summed E-state index contributed by atoms with van der Waals surface area (Å²) in [6, 6.07) is 9.11. The summed E-state index contributed by atoms with van der Waals surface area (Å²) in [5.74, 6) is -2.00. The first-order valence-electron chi connectivity index (χ1n) is 4.61. The van der Waals surface area contributed by atoms with E-state index in [2.05, 4.69) is 0 Å². The first kappa shape index (κ1) is 10.2. The normalized spacial score (nSPS) is 11.0. The van der Waals surface area contributed by atoms with Gasteiger partial charge in [-0.05, 0) is 24.3 Å². The number of carboxylic acid groups (broad SMARTS) is 1. The van der Waals surface area contributed by atoms with Crippen molar-refractivity contribution in [2.24, 2.45) is 0 Å². The molecule has 0 aliphatic heterocycles. The zero-order valence-electron chi connectivity index (χ0n) is 8.21. The molecule has 0 saturated carbocycles. The van der Waals surface area contributed by atoms with Gasteiger partial charge in [0.15, 0.2) is 0 Å². The zero-order valence-corrected chi connectivity index (χ0v) is 8.21. The molecule has 0 aliphatic carbocycles. The van der Waals surface area contributed by atoms with E-state index < -0.39 is 11.8 Å². The van der Waals surface area contributed by atoms with Crippen LogP contribution in [-0.4, -0.2) is 16.9 Å². The number of hydrogen-bond donors (Lipinski definition) is 1. The first-order valence-corrected chi connectivity index (χ1v) is 4.61. The Morgan fingerprint density at radius 2 is 2.00 bits per heavy atom. The van der Waals surface area contributed by atoms with Crippen LogP contribution < -0.4 is 0 Å². The van der Waals surface area contributed by atoms with Gasteiger partial charge in [-0.25, -0.2) is 4.79 Å². The molecule has 1 aromatic carbocycles. The largest absolute Gasteiger partial charge is 0.475 e. The number of fused-ring (bicyclic) bond motifs is 1. The summed E-state index contributed by atoms with van der Waals surface area (Å²) in [4.78, 5) is 21.1. The molecule has 16 heavy (non-hydrogen) atoms. The molecule has 2 aromatic rings. The number of furan rings is 1. The second kappa shape index (κ2) is 4.02. The van der Waals surface area contributed by atoms with E-state index >= 15 is 0 Å². The van der Waals surface area contributed by atoms with Gasteiger partial charge in [-0.2, -0.15) is 0 Å². The molecule has 1 N–H and O–H groups in total. The van der Waals surface area contributed by atoms with Gasteiger partial charge in [0.1, 0.15) is 11.3 Å². The monoisotopic (exact) mass is 216 g/mol. The molecule has 4 heteroatoms. The van der Waals surface area contributed by atoms with Crippen LogP contribution in [0.3, 0.4) is 0 Å². The SMILES string of the molecule is O=C(O)C(=O)/C=C/c1cc2ccccc2o1. The van der Waals surface area contributed by atoms with Crippen LogP contribution >= 0.6 is 0 Å². The minimum atomic E-state index is -1.48. The molecule has 1 aromatic heterocycles. The van der Waals surface area contributed by atoms with Gasteiger partial charge in [0.25, 0.3) is 5.78 Å². The lowest BCUT2D eigenvalue weighted by atomic mass is 10.2. The quantitative estimate of drug-likeness (QED) is 0.630. The summed E-state index contributed by atoms with van der Waals surface area (Å²) in [7, 11) is 0. The molecule has 0 aliphatic rings. The van der Waals surface area contributed by atoms with E-state index in [9.17, 15) is 9.59 Å². The molecule has 2 rings (SSSR count). The molecular formula is C12H8O4. The summed E-state index contributed by atoms with van der Waals surface area (Å²) in [6.07, 6.45) is 2.32. The summed E-state index contributed by atoms with van der Waals surface area (Å²) in [6.45, 7) is 0. The smallest absolute Gasteiger partial charge is 0.376 e. The van der Waals surface area contributed by atoms with Gasteiger partial charge in [0, 0.05) is 5.39 Å². The van der Waals surface area contributed by atoms with Crippen LogP contribution in [0, 0.1) is 0 Å². The number of carbonyl (C=O) groups is 2. The Morgan fingerprint density at radius 1 is 1.25 bits per heavy atom. The summed E-state index contributed by atoms with van der Waals surface area (Å²) in [5, 5.41) is 9.28. The van der Waals surface area contributed by atoms with Crippen molar-refractivity contribution in [2.45, 2.75) is 0 Å². The van der Waals surface area contributed by atoms with E-state index in [1.54, 1.807) is 12.1 Å². The molecule has 0 spiro atoms. The fraction of sp³-hybridized carbons (Fsp3) is 0. The number of carbonyl (C=O) groups excluding carboxylic acids is 1. The molecule has 0 saturated heterocycles. The topological polar surface area (TPSA) is 67.5 Å². The Hall–Kier alpha value is -2.36. The lowest BCUT2D eigenvalue weighted by Crippen LogP contribution is -2.08. The van der Waals surface area contributed by atoms with Crippen LogP contribution in [0.15, 0.2) is 40.8 Å². The molecule has 0 radical (unpaired) electrons. The van der Waals surface area contributed by atoms with Crippen LogP contribution in [-0.2, 0) is 9.59 Å². The van der Waals surface area contributed by atoms with Gasteiger partial charge in [0.05, 0.1) is 0 Å². The molecule has 0 fully saturated rings.